The summed E-state index contributed by atoms with van der Waals surface area (Å²) in [6, 6.07) is 12.9. The van der Waals surface area contributed by atoms with Gasteiger partial charge >= 0.3 is 0 Å². The summed E-state index contributed by atoms with van der Waals surface area (Å²) in [7, 11) is 0. The minimum Gasteiger partial charge on any atom is -0.490 e. The third kappa shape index (κ3) is 4.35. The Bertz CT molecular complexity index is 880. The molecule has 1 heterocycles. The smallest absolute Gasteiger partial charge is 0.264 e. The number of amides is 1. The van der Waals surface area contributed by atoms with Crippen LogP contribution < -0.4 is 14.8 Å². The highest BCUT2D eigenvalue weighted by molar-refractivity contribution is 5.90. The van der Waals surface area contributed by atoms with Crippen molar-refractivity contribution in [3.05, 3.63) is 54.3 Å². The highest BCUT2D eigenvalue weighted by Gasteiger charge is 2.11. The Balaban J connectivity index is 1.58. The highest BCUT2D eigenvalue weighted by Crippen LogP contribution is 2.26. The Labute approximate surface area is 149 Å². The molecule has 2 aromatic carbocycles. The summed E-state index contributed by atoms with van der Waals surface area (Å²) in [5.41, 5.74) is 0.654. The summed E-state index contributed by atoms with van der Waals surface area (Å²) in [5.74, 6) is 0.817. The first kappa shape index (κ1) is 17.4. The molecule has 0 aliphatic rings. The van der Waals surface area contributed by atoms with Gasteiger partial charge in [-0.05, 0) is 43.3 Å². The third-order valence-corrected chi connectivity index (χ3v) is 3.36. The molecule has 0 spiro atoms. The second-order valence-electron chi connectivity index (χ2n) is 5.23. The summed E-state index contributed by atoms with van der Waals surface area (Å²) >= 11 is 0. The fraction of sp³-hybridized carbons (Fsp3) is 0.167. The first-order valence-electron chi connectivity index (χ1n) is 7.98. The van der Waals surface area contributed by atoms with Gasteiger partial charge in [0.05, 0.1) is 6.61 Å². The number of nitrogens with one attached hydrogen (secondary N) is 2. The lowest BCUT2D eigenvalue weighted by molar-refractivity contribution is -0.118. The number of ether oxygens (including phenoxy) is 2. The number of hydrogen-bond donors (Lipinski definition) is 2. The zero-order valence-electron chi connectivity index (χ0n) is 14.0. The molecule has 0 bridgehead atoms. The number of halogens is 1. The van der Waals surface area contributed by atoms with Crippen LogP contribution in [0.3, 0.4) is 0 Å². The van der Waals surface area contributed by atoms with Crippen molar-refractivity contribution in [3.63, 3.8) is 0 Å². The van der Waals surface area contributed by atoms with Gasteiger partial charge in [0.1, 0.15) is 5.82 Å². The van der Waals surface area contributed by atoms with Crippen LogP contribution in [0.15, 0.2) is 48.5 Å². The van der Waals surface area contributed by atoms with E-state index in [1.807, 2.05) is 13.0 Å². The number of hydrogen-bond acceptors (Lipinski definition) is 5. The van der Waals surface area contributed by atoms with Crippen LogP contribution in [-0.2, 0) is 4.79 Å². The molecule has 0 aliphatic carbocycles. The topological polar surface area (TPSA) is 89.1 Å². The number of rotatable bonds is 7. The van der Waals surface area contributed by atoms with Crippen LogP contribution >= 0.6 is 0 Å². The first-order valence-corrected chi connectivity index (χ1v) is 7.98. The zero-order valence-corrected chi connectivity index (χ0v) is 14.0. The molecule has 0 aliphatic heterocycles. The van der Waals surface area contributed by atoms with Crippen LogP contribution in [-0.4, -0.2) is 34.3 Å². The molecule has 26 heavy (non-hydrogen) atoms. The van der Waals surface area contributed by atoms with Gasteiger partial charge in [-0.3, -0.25) is 15.2 Å². The molecule has 7 nitrogen and oxygen atoms in total. The molecule has 1 aromatic heterocycles. The molecular formula is C18H17FN4O3. The van der Waals surface area contributed by atoms with E-state index in [1.165, 1.54) is 12.1 Å². The van der Waals surface area contributed by atoms with Gasteiger partial charge in [-0.15, -0.1) is 5.10 Å². The van der Waals surface area contributed by atoms with E-state index in [4.69, 9.17) is 9.47 Å². The van der Waals surface area contributed by atoms with Gasteiger partial charge < -0.3 is 9.47 Å². The SMILES string of the molecule is CCOc1ccccc1OCC(=O)Nc1n[nH]c(-c2ccc(F)cc2)n1. The first-order chi connectivity index (χ1) is 12.7. The molecule has 2 N–H and O–H groups in total. The van der Waals surface area contributed by atoms with Gasteiger partial charge in [-0.2, -0.15) is 4.98 Å². The van der Waals surface area contributed by atoms with Crippen molar-refractivity contribution in [1.82, 2.24) is 15.2 Å². The lowest BCUT2D eigenvalue weighted by atomic mass is 10.2. The van der Waals surface area contributed by atoms with Crippen molar-refractivity contribution in [3.8, 4) is 22.9 Å². The molecule has 0 radical (unpaired) electrons. The Hall–Kier alpha value is -3.42. The molecule has 3 aromatic rings. The number of H-pyrrole nitrogens is 1. The van der Waals surface area contributed by atoms with Crippen LogP contribution in [0.2, 0.25) is 0 Å². The number of aromatic nitrogens is 3. The van der Waals surface area contributed by atoms with Crippen molar-refractivity contribution in [2.45, 2.75) is 6.92 Å². The summed E-state index contributed by atoms with van der Waals surface area (Å²) in [4.78, 5) is 16.2. The average molecular weight is 356 g/mol. The number of carbonyl (C=O) groups is 1. The van der Waals surface area contributed by atoms with Gasteiger partial charge in [0.15, 0.2) is 23.9 Å². The molecule has 134 valence electrons. The number of anilines is 1. The summed E-state index contributed by atoms with van der Waals surface area (Å²) < 4.78 is 23.9. The molecule has 0 saturated heterocycles. The predicted molar refractivity (Wildman–Crippen MR) is 93.5 cm³/mol. The number of carbonyl (C=O) groups excluding carboxylic acids is 1. The van der Waals surface area contributed by atoms with Gasteiger partial charge in [-0.1, -0.05) is 12.1 Å². The molecule has 0 saturated carbocycles. The standard InChI is InChI=1S/C18H17FN4O3/c1-2-25-14-5-3-4-6-15(14)26-11-16(24)20-18-21-17(22-23-18)12-7-9-13(19)10-8-12/h3-10H,2,11H2,1H3,(H2,20,21,22,23,24). The highest BCUT2D eigenvalue weighted by atomic mass is 19.1. The fourth-order valence-corrected chi connectivity index (χ4v) is 2.20. The quantitative estimate of drug-likeness (QED) is 0.679. The molecule has 8 heteroatoms. The van der Waals surface area contributed by atoms with Crippen LogP contribution in [0.25, 0.3) is 11.4 Å². The van der Waals surface area contributed by atoms with E-state index in [1.54, 1.807) is 30.3 Å². The monoisotopic (exact) mass is 356 g/mol. The van der Waals surface area contributed by atoms with E-state index >= 15 is 0 Å². The maximum absolute atomic E-state index is 13.0. The third-order valence-electron chi connectivity index (χ3n) is 3.36. The lowest BCUT2D eigenvalue weighted by Gasteiger charge is -2.10. The summed E-state index contributed by atoms with van der Waals surface area (Å²) in [6.45, 7) is 2.14. The van der Waals surface area contributed by atoms with Gasteiger partial charge in [-0.25, -0.2) is 4.39 Å². The normalized spacial score (nSPS) is 10.4. The van der Waals surface area contributed by atoms with Gasteiger partial charge in [0, 0.05) is 5.56 Å². The molecule has 0 fully saturated rings. The van der Waals surface area contributed by atoms with E-state index in [9.17, 15) is 9.18 Å². The van der Waals surface area contributed by atoms with Crippen molar-refractivity contribution in [1.29, 1.82) is 0 Å². The second kappa shape index (κ2) is 8.11. The number of aromatic amines is 1. The zero-order chi connectivity index (χ0) is 18.4. The van der Waals surface area contributed by atoms with E-state index in [0.717, 1.165) is 0 Å². The molecular weight excluding hydrogens is 339 g/mol. The molecule has 3 rings (SSSR count). The Morgan fingerprint density at radius 1 is 1.12 bits per heavy atom. The fourth-order valence-electron chi connectivity index (χ4n) is 2.20. The minimum absolute atomic E-state index is 0.107. The van der Waals surface area contributed by atoms with Crippen molar-refractivity contribution < 1.29 is 18.7 Å². The van der Waals surface area contributed by atoms with Crippen LogP contribution in [0.5, 0.6) is 11.5 Å². The van der Waals surface area contributed by atoms with Crippen LogP contribution in [0, 0.1) is 5.82 Å². The van der Waals surface area contributed by atoms with E-state index in [0.29, 0.717) is 29.5 Å². The average Bonchev–Trinajstić information content (AvgIpc) is 3.10. The van der Waals surface area contributed by atoms with Crippen molar-refractivity contribution in [2.24, 2.45) is 0 Å². The van der Waals surface area contributed by atoms with E-state index in [-0.39, 0.29) is 18.4 Å². The largest absolute Gasteiger partial charge is 0.490 e. The Morgan fingerprint density at radius 3 is 2.50 bits per heavy atom. The number of para-hydroxylation sites is 2. The predicted octanol–water partition coefficient (Wildman–Crippen LogP) is 3.03. The second-order valence-corrected chi connectivity index (χ2v) is 5.23. The van der Waals surface area contributed by atoms with Gasteiger partial charge in [0.2, 0.25) is 5.95 Å². The van der Waals surface area contributed by atoms with Crippen molar-refractivity contribution >= 4 is 11.9 Å². The van der Waals surface area contributed by atoms with E-state index < -0.39 is 5.91 Å². The minimum atomic E-state index is -0.416. The van der Waals surface area contributed by atoms with Crippen molar-refractivity contribution in [2.75, 3.05) is 18.5 Å². The maximum atomic E-state index is 13.0. The summed E-state index contributed by atoms with van der Waals surface area (Å²) in [5, 5.41) is 9.14. The van der Waals surface area contributed by atoms with Crippen LogP contribution in [0.4, 0.5) is 10.3 Å². The number of nitrogens with zero attached hydrogens (tertiary/aromatic N) is 2. The summed E-state index contributed by atoms with van der Waals surface area (Å²) in [6.07, 6.45) is 0. The Kier molecular flexibility index (Phi) is 5.43. The molecule has 0 unspecified atom stereocenters. The maximum Gasteiger partial charge on any atom is 0.264 e. The van der Waals surface area contributed by atoms with Gasteiger partial charge in [0.25, 0.3) is 5.91 Å². The lowest BCUT2D eigenvalue weighted by Crippen LogP contribution is -2.21. The molecule has 1 amide bonds. The molecule has 0 atom stereocenters. The van der Waals surface area contributed by atoms with Crippen LogP contribution in [0.1, 0.15) is 6.92 Å². The Morgan fingerprint density at radius 2 is 1.81 bits per heavy atom. The van der Waals surface area contributed by atoms with E-state index in [2.05, 4.69) is 20.5 Å². The number of benzene rings is 2.